The second-order valence-electron chi connectivity index (χ2n) is 6.83. The number of nitrogens with one attached hydrogen (secondary N) is 1. The fourth-order valence-electron chi connectivity index (χ4n) is 3.02. The summed E-state index contributed by atoms with van der Waals surface area (Å²) < 4.78 is 7.80. The molecule has 3 rings (SSSR count). The molecule has 1 heterocycles. The van der Waals surface area contributed by atoms with Gasteiger partial charge in [-0.2, -0.15) is 0 Å². The lowest BCUT2D eigenvalue weighted by Gasteiger charge is -2.09. The summed E-state index contributed by atoms with van der Waals surface area (Å²) >= 11 is 0. The van der Waals surface area contributed by atoms with Gasteiger partial charge in [0.05, 0.1) is 6.61 Å². The van der Waals surface area contributed by atoms with E-state index in [0.717, 1.165) is 18.1 Å². The summed E-state index contributed by atoms with van der Waals surface area (Å²) in [6, 6.07) is 18.2. The third-order valence-electron chi connectivity index (χ3n) is 4.47. The van der Waals surface area contributed by atoms with Gasteiger partial charge in [0.15, 0.2) is 0 Å². The van der Waals surface area contributed by atoms with Crippen molar-refractivity contribution in [1.29, 1.82) is 0 Å². The first-order valence-electron chi connectivity index (χ1n) is 9.71. The van der Waals surface area contributed by atoms with E-state index in [1.54, 1.807) is 0 Å². The smallest absolute Gasteiger partial charge is 0.220 e. The van der Waals surface area contributed by atoms with E-state index >= 15 is 0 Å². The number of carbonyl (C=O) groups excluding carboxylic acids is 1. The largest absolute Gasteiger partial charge is 0.494 e. The maximum atomic E-state index is 12.0. The molecule has 0 spiro atoms. The Bertz CT molecular complexity index is 874. The van der Waals surface area contributed by atoms with Crippen LogP contribution >= 0.6 is 0 Å². The van der Waals surface area contributed by atoms with Crippen LogP contribution < -0.4 is 10.1 Å². The van der Waals surface area contributed by atoms with Crippen LogP contribution in [0.1, 0.15) is 29.8 Å². The van der Waals surface area contributed by atoms with Crippen LogP contribution in [0.2, 0.25) is 0 Å². The number of imidazole rings is 1. The minimum atomic E-state index is 0.0500. The van der Waals surface area contributed by atoms with Gasteiger partial charge in [0.2, 0.25) is 5.91 Å². The molecule has 0 unspecified atom stereocenters. The molecule has 0 aliphatic rings. The molecular weight excluding hydrogens is 350 g/mol. The molecule has 2 aromatic carbocycles. The number of ether oxygens (including phenoxy) is 1. The molecule has 1 aromatic heterocycles. The molecule has 5 nitrogen and oxygen atoms in total. The minimum absolute atomic E-state index is 0.0500. The summed E-state index contributed by atoms with van der Waals surface area (Å²) in [4.78, 5) is 16.4. The van der Waals surface area contributed by atoms with Crippen molar-refractivity contribution in [3.8, 4) is 5.75 Å². The van der Waals surface area contributed by atoms with Crippen molar-refractivity contribution >= 4 is 5.91 Å². The number of benzene rings is 2. The number of rotatable bonds is 10. The van der Waals surface area contributed by atoms with E-state index < -0.39 is 0 Å². The van der Waals surface area contributed by atoms with Crippen LogP contribution in [0.5, 0.6) is 5.75 Å². The molecule has 0 aliphatic heterocycles. The average molecular weight is 377 g/mol. The Labute approximate surface area is 166 Å². The molecule has 5 heteroatoms. The summed E-state index contributed by atoms with van der Waals surface area (Å²) in [7, 11) is 0. The van der Waals surface area contributed by atoms with Crippen molar-refractivity contribution in [2.24, 2.45) is 0 Å². The lowest BCUT2D eigenvalue weighted by atomic mass is 10.2. The molecular formula is C23H27N3O2. The Morgan fingerprint density at radius 3 is 2.82 bits per heavy atom. The van der Waals surface area contributed by atoms with Crippen molar-refractivity contribution < 1.29 is 9.53 Å². The Hall–Kier alpha value is -3.08. The molecule has 0 fully saturated rings. The fourth-order valence-corrected chi connectivity index (χ4v) is 3.02. The molecule has 0 bridgehead atoms. The third kappa shape index (κ3) is 6.27. The van der Waals surface area contributed by atoms with Gasteiger partial charge in [0.25, 0.3) is 0 Å². The maximum Gasteiger partial charge on any atom is 0.220 e. The van der Waals surface area contributed by atoms with E-state index in [2.05, 4.69) is 27.0 Å². The van der Waals surface area contributed by atoms with Crippen molar-refractivity contribution in [3.63, 3.8) is 0 Å². The van der Waals surface area contributed by atoms with Gasteiger partial charge in [0.1, 0.15) is 11.6 Å². The topological polar surface area (TPSA) is 56.1 Å². The van der Waals surface area contributed by atoms with Gasteiger partial charge < -0.3 is 14.6 Å². The van der Waals surface area contributed by atoms with Crippen LogP contribution in [-0.4, -0.2) is 28.6 Å². The standard InChI is InChI=1S/C23H27N3O2/c1-19-7-5-10-21(17-19)28-16-6-11-23(27)25-13-12-22-24-14-15-26(22)18-20-8-3-2-4-9-20/h2-5,7-10,14-15,17H,6,11-13,16,18H2,1H3,(H,25,27). The minimum Gasteiger partial charge on any atom is -0.494 e. The zero-order valence-electron chi connectivity index (χ0n) is 16.3. The van der Waals surface area contributed by atoms with Crippen molar-refractivity contribution in [2.75, 3.05) is 13.2 Å². The van der Waals surface area contributed by atoms with Crippen molar-refractivity contribution in [1.82, 2.24) is 14.9 Å². The Balaban J connectivity index is 1.34. The van der Waals surface area contributed by atoms with E-state index in [0.29, 0.717) is 32.4 Å². The van der Waals surface area contributed by atoms with E-state index in [9.17, 15) is 4.79 Å². The Kier molecular flexibility index (Phi) is 7.24. The van der Waals surface area contributed by atoms with Crippen LogP contribution in [0.4, 0.5) is 0 Å². The zero-order valence-corrected chi connectivity index (χ0v) is 16.3. The first kappa shape index (κ1) is 19.7. The quantitative estimate of drug-likeness (QED) is 0.548. The highest BCUT2D eigenvalue weighted by Crippen LogP contribution is 2.12. The molecule has 3 aromatic rings. The SMILES string of the molecule is Cc1cccc(OCCCC(=O)NCCc2nccn2Cc2ccccc2)c1. The zero-order chi connectivity index (χ0) is 19.6. The first-order chi connectivity index (χ1) is 13.7. The molecule has 0 saturated carbocycles. The molecule has 0 radical (unpaired) electrons. The van der Waals surface area contributed by atoms with Gasteiger partial charge in [-0.05, 0) is 36.6 Å². The number of hydrogen-bond acceptors (Lipinski definition) is 3. The van der Waals surface area contributed by atoms with Crippen LogP contribution in [0.3, 0.4) is 0 Å². The lowest BCUT2D eigenvalue weighted by Crippen LogP contribution is -2.26. The summed E-state index contributed by atoms with van der Waals surface area (Å²) in [6.45, 7) is 3.95. The predicted octanol–water partition coefficient (Wildman–Crippen LogP) is 3.76. The van der Waals surface area contributed by atoms with E-state index in [1.807, 2.05) is 61.8 Å². The highest BCUT2D eigenvalue weighted by atomic mass is 16.5. The van der Waals surface area contributed by atoms with Crippen molar-refractivity contribution in [3.05, 3.63) is 83.9 Å². The van der Waals surface area contributed by atoms with Crippen LogP contribution in [0.25, 0.3) is 0 Å². The van der Waals surface area contributed by atoms with Crippen LogP contribution in [0, 0.1) is 6.92 Å². The maximum absolute atomic E-state index is 12.0. The molecule has 146 valence electrons. The molecule has 0 atom stereocenters. The highest BCUT2D eigenvalue weighted by Gasteiger charge is 2.06. The molecule has 0 aliphatic carbocycles. The first-order valence-corrected chi connectivity index (χ1v) is 9.71. The number of nitrogens with zero attached hydrogens (tertiary/aromatic N) is 2. The van der Waals surface area contributed by atoms with E-state index in [4.69, 9.17) is 4.74 Å². The molecule has 1 N–H and O–H groups in total. The van der Waals surface area contributed by atoms with E-state index in [-0.39, 0.29) is 5.91 Å². The van der Waals surface area contributed by atoms with Gasteiger partial charge >= 0.3 is 0 Å². The number of amides is 1. The lowest BCUT2D eigenvalue weighted by molar-refractivity contribution is -0.121. The Morgan fingerprint density at radius 1 is 1.14 bits per heavy atom. The second kappa shape index (κ2) is 10.3. The van der Waals surface area contributed by atoms with Gasteiger partial charge in [-0.1, -0.05) is 42.5 Å². The molecule has 0 saturated heterocycles. The summed E-state index contributed by atoms with van der Waals surface area (Å²) in [5, 5.41) is 2.97. The molecule has 1 amide bonds. The highest BCUT2D eigenvalue weighted by molar-refractivity contribution is 5.75. The average Bonchev–Trinajstić information content (AvgIpc) is 3.13. The summed E-state index contributed by atoms with van der Waals surface area (Å²) in [5.41, 5.74) is 2.40. The van der Waals surface area contributed by atoms with Gasteiger partial charge in [0, 0.05) is 38.3 Å². The summed E-state index contributed by atoms with van der Waals surface area (Å²) in [6.07, 6.45) is 5.66. The monoisotopic (exact) mass is 377 g/mol. The third-order valence-corrected chi connectivity index (χ3v) is 4.47. The van der Waals surface area contributed by atoms with Crippen LogP contribution in [-0.2, 0) is 17.8 Å². The van der Waals surface area contributed by atoms with Gasteiger partial charge in [-0.25, -0.2) is 4.98 Å². The number of carbonyl (C=O) groups is 1. The predicted molar refractivity (Wildman–Crippen MR) is 110 cm³/mol. The number of hydrogen-bond donors (Lipinski definition) is 1. The van der Waals surface area contributed by atoms with Crippen LogP contribution in [0.15, 0.2) is 67.0 Å². The normalized spacial score (nSPS) is 10.6. The van der Waals surface area contributed by atoms with Crippen molar-refractivity contribution in [2.45, 2.75) is 32.7 Å². The van der Waals surface area contributed by atoms with Gasteiger partial charge in [-0.3, -0.25) is 4.79 Å². The molecule has 28 heavy (non-hydrogen) atoms. The number of aryl methyl sites for hydroxylation is 1. The second-order valence-corrected chi connectivity index (χ2v) is 6.83. The van der Waals surface area contributed by atoms with E-state index in [1.165, 1.54) is 11.1 Å². The number of aromatic nitrogens is 2. The van der Waals surface area contributed by atoms with Gasteiger partial charge in [-0.15, -0.1) is 0 Å². The Morgan fingerprint density at radius 2 is 2.00 bits per heavy atom. The summed E-state index contributed by atoms with van der Waals surface area (Å²) in [5.74, 6) is 1.88. The fraction of sp³-hybridized carbons (Fsp3) is 0.304.